The van der Waals surface area contributed by atoms with Crippen molar-refractivity contribution >= 4 is 23.6 Å². The van der Waals surface area contributed by atoms with Crippen LogP contribution >= 0.6 is 0 Å². The highest BCUT2D eigenvalue weighted by Gasteiger charge is 2.21. The second kappa shape index (κ2) is 9.32. The number of benzene rings is 1. The molecule has 3 rings (SSSR count). The van der Waals surface area contributed by atoms with Crippen molar-refractivity contribution in [3.8, 4) is 11.3 Å². The smallest absolute Gasteiger partial charge is 0.320 e. The molecule has 2 heterocycles. The van der Waals surface area contributed by atoms with E-state index in [0.717, 1.165) is 54.5 Å². The third kappa shape index (κ3) is 4.67. The Balaban J connectivity index is 1.69. The van der Waals surface area contributed by atoms with Crippen LogP contribution in [0.1, 0.15) is 12.5 Å². The number of nitrogens with one attached hydrogen (secondary N) is 1. The van der Waals surface area contributed by atoms with E-state index in [4.69, 9.17) is 9.72 Å². The lowest BCUT2D eigenvalue weighted by Crippen LogP contribution is -2.48. The fourth-order valence-corrected chi connectivity index (χ4v) is 3.28. The number of hydrogen-bond donors (Lipinski definition) is 1. The van der Waals surface area contributed by atoms with Crippen LogP contribution in [0.25, 0.3) is 17.3 Å². The standard InChI is InChI=1S/C21H27N5O2/c1-4-16-6-7-17(12-18(16)22-3)19-13-23-14-20(24-19)26-10-8-25(9-11-26)15-21(27)28-5-2/h4,6-7,12-14,22H,1,5,8-11,15H2,2-3H3. The van der Waals surface area contributed by atoms with Crippen molar-refractivity contribution in [1.29, 1.82) is 0 Å². The Morgan fingerprint density at radius 1 is 1.29 bits per heavy atom. The summed E-state index contributed by atoms with van der Waals surface area (Å²) in [5.74, 6) is 0.688. The molecule has 1 aromatic carbocycles. The topological polar surface area (TPSA) is 70.6 Å². The fourth-order valence-electron chi connectivity index (χ4n) is 3.28. The number of nitrogens with zero attached hydrogens (tertiary/aromatic N) is 4. The highest BCUT2D eigenvalue weighted by atomic mass is 16.5. The molecule has 1 N–H and O–H groups in total. The molecule has 0 spiro atoms. The number of aromatic nitrogens is 2. The highest BCUT2D eigenvalue weighted by Crippen LogP contribution is 2.26. The lowest BCUT2D eigenvalue weighted by atomic mass is 10.1. The summed E-state index contributed by atoms with van der Waals surface area (Å²) in [6.07, 6.45) is 5.40. The van der Waals surface area contributed by atoms with Gasteiger partial charge < -0.3 is 15.0 Å². The molecule has 1 aliphatic rings. The number of ether oxygens (including phenoxy) is 1. The van der Waals surface area contributed by atoms with E-state index in [9.17, 15) is 4.79 Å². The van der Waals surface area contributed by atoms with Crippen molar-refractivity contribution < 1.29 is 9.53 Å². The molecule has 0 amide bonds. The predicted molar refractivity (Wildman–Crippen MR) is 112 cm³/mol. The largest absolute Gasteiger partial charge is 0.465 e. The average molecular weight is 381 g/mol. The number of anilines is 2. The summed E-state index contributed by atoms with van der Waals surface area (Å²) in [4.78, 5) is 25.2. The van der Waals surface area contributed by atoms with E-state index in [2.05, 4.69) is 32.7 Å². The number of hydrogen-bond acceptors (Lipinski definition) is 7. The van der Waals surface area contributed by atoms with Crippen LogP contribution < -0.4 is 10.2 Å². The van der Waals surface area contributed by atoms with Gasteiger partial charge in [0, 0.05) is 44.5 Å². The van der Waals surface area contributed by atoms with Crippen molar-refractivity contribution in [2.75, 3.05) is 56.6 Å². The van der Waals surface area contributed by atoms with Gasteiger partial charge in [-0.25, -0.2) is 4.98 Å². The maximum absolute atomic E-state index is 11.7. The minimum absolute atomic E-state index is 0.166. The highest BCUT2D eigenvalue weighted by molar-refractivity contribution is 5.74. The maximum atomic E-state index is 11.7. The van der Waals surface area contributed by atoms with Crippen LogP contribution in [0.4, 0.5) is 11.5 Å². The molecule has 0 saturated carbocycles. The van der Waals surface area contributed by atoms with Crippen LogP contribution in [0.2, 0.25) is 0 Å². The van der Waals surface area contributed by atoms with Gasteiger partial charge in [-0.15, -0.1) is 0 Å². The molecule has 7 nitrogen and oxygen atoms in total. The number of rotatable bonds is 7. The lowest BCUT2D eigenvalue weighted by Gasteiger charge is -2.34. The molecule has 0 aliphatic carbocycles. The summed E-state index contributed by atoms with van der Waals surface area (Å²) in [6.45, 7) is 9.62. The Kier molecular flexibility index (Phi) is 6.60. The van der Waals surface area contributed by atoms with E-state index in [0.29, 0.717) is 13.2 Å². The SMILES string of the molecule is C=Cc1ccc(-c2cncc(N3CCN(CC(=O)OCC)CC3)n2)cc1NC. The van der Waals surface area contributed by atoms with Gasteiger partial charge in [-0.05, 0) is 18.6 Å². The zero-order valence-corrected chi connectivity index (χ0v) is 16.5. The van der Waals surface area contributed by atoms with Crippen LogP contribution in [-0.4, -0.2) is 67.2 Å². The molecule has 148 valence electrons. The third-order valence-corrected chi connectivity index (χ3v) is 4.81. The predicted octanol–water partition coefficient (Wildman–Crippen LogP) is 2.51. The van der Waals surface area contributed by atoms with E-state index in [1.807, 2.05) is 32.2 Å². The summed E-state index contributed by atoms with van der Waals surface area (Å²) in [6, 6.07) is 6.11. The van der Waals surface area contributed by atoms with E-state index in [1.165, 1.54) is 0 Å². The summed E-state index contributed by atoms with van der Waals surface area (Å²) in [7, 11) is 1.89. The summed E-state index contributed by atoms with van der Waals surface area (Å²) in [5, 5.41) is 3.19. The Morgan fingerprint density at radius 3 is 2.75 bits per heavy atom. The molecular weight excluding hydrogens is 354 g/mol. The first-order valence-corrected chi connectivity index (χ1v) is 9.54. The van der Waals surface area contributed by atoms with Crippen molar-refractivity contribution in [1.82, 2.24) is 14.9 Å². The lowest BCUT2D eigenvalue weighted by molar-refractivity contribution is -0.144. The van der Waals surface area contributed by atoms with Crippen molar-refractivity contribution in [2.45, 2.75) is 6.92 Å². The van der Waals surface area contributed by atoms with Crippen LogP contribution in [0.15, 0.2) is 37.2 Å². The van der Waals surface area contributed by atoms with Crippen molar-refractivity contribution in [3.05, 3.63) is 42.7 Å². The molecule has 1 saturated heterocycles. The average Bonchev–Trinajstić information content (AvgIpc) is 2.74. The summed E-state index contributed by atoms with van der Waals surface area (Å²) in [5.41, 5.74) is 3.89. The number of carbonyl (C=O) groups is 1. The van der Waals surface area contributed by atoms with Gasteiger partial charge in [0.05, 0.1) is 31.2 Å². The van der Waals surface area contributed by atoms with Crippen LogP contribution in [0.3, 0.4) is 0 Å². The molecule has 7 heteroatoms. The van der Waals surface area contributed by atoms with Gasteiger partial charge in [0.25, 0.3) is 0 Å². The maximum Gasteiger partial charge on any atom is 0.320 e. The quantitative estimate of drug-likeness (QED) is 0.739. The van der Waals surface area contributed by atoms with Gasteiger partial charge in [0.1, 0.15) is 5.82 Å². The number of carbonyl (C=O) groups excluding carboxylic acids is 1. The van der Waals surface area contributed by atoms with Gasteiger partial charge in [-0.1, -0.05) is 24.8 Å². The van der Waals surface area contributed by atoms with Gasteiger partial charge >= 0.3 is 5.97 Å². The molecule has 0 unspecified atom stereocenters. The fraction of sp³-hybridized carbons (Fsp3) is 0.381. The molecule has 1 aromatic heterocycles. The second-order valence-corrected chi connectivity index (χ2v) is 6.59. The van der Waals surface area contributed by atoms with E-state index >= 15 is 0 Å². The Morgan fingerprint density at radius 2 is 2.07 bits per heavy atom. The van der Waals surface area contributed by atoms with Gasteiger partial charge in [0.15, 0.2) is 0 Å². The zero-order chi connectivity index (χ0) is 19.9. The van der Waals surface area contributed by atoms with E-state index in [1.54, 1.807) is 12.4 Å². The first-order chi connectivity index (χ1) is 13.6. The van der Waals surface area contributed by atoms with Gasteiger partial charge in [-0.3, -0.25) is 14.7 Å². The van der Waals surface area contributed by atoms with Crippen LogP contribution in [0, 0.1) is 0 Å². The van der Waals surface area contributed by atoms with Gasteiger partial charge in [-0.2, -0.15) is 0 Å². The van der Waals surface area contributed by atoms with E-state index in [-0.39, 0.29) is 5.97 Å². The Hall–Kier alpha value is -2.93. The molecule has 0 radical (unpaired) electrons. The zero-order valence-electron chi connectivity index (χ0n) is 16.5. The molecule has 0 atom stereocenters. The Labute approximate surface area is 166 Å². The van der Waals surface area contributed by atoms with Crippen LogP contribution in [-0.2, 0) is 9.53 Å². The first kappa shape index (κ1) is 19.8. The Bertz CT molecular complexity index is 831. The van der Waals surface area contributed by atoms with Gasteiger partial charge in [0.2, 0.25) is 0 Å². The monoisotopic (exact) mass is 381 g/mol. The second-order valence-electron chi connectivity index (χ2n) is 6.59. The third-order valence-electron chi connectivity index (χ3n) is 4.81. The number of esters is 1. The normalized spacial score (nSPS) is 14.6. The summed E-state index contributed by atoms with van der Waals surface area (Å²) >= 11 is 0. The minimum Gasteiger partial charge on any atom is -0.465 e. The molecule has 2 aromatic rings. The molecule has 1 aliphatic heterocycles. The van der Waals surface area contributed by atoms with E-state index < -0.39 is 0 Å². The van der Waals surface area contributed by atoms with Crippen molar-refractivity contribution in [3.63, 3.8) is 0 Å². The molecule has 28 heavy (non-hydrogen) atoms. The molecule has 0 bridgehead atoms. The molecule has 1 fully saturated rings. The van der Waals surface area contributed by atoms with Crippen molar-refractivity contribution in [2.24, 2.45) is 0 Å². The summed E-state index contributed by atoms with van der Waals surface area (Å²) < 4.78 is 5.03. The number of piperazine rings is 1. The minimum atomic E-state index is -0.166. The van der Waals surface area contributed by atoms with Crippen LogP contribution in [0.5, 0.6) is 0 Å². The first-order valence-electron chi connectivity index (χ1n) is 9.54. The molecular formula is C21H27N5O2.